The summed E-state index contributed by atoms with van der Waals surface area (Å²) in [7, 11) is 0. The Hall–Kier alpha value is -2.83. The van der Waals surface area contributed by atoms with Gasteiger partial charge in [0.15, 0.2) is 18.5 Å². The third-order valence-electron chi connectivity index (χ3n) is 10.2. The van der Waals surface area contributed by atoms with Crippen LogP contribution in [0.25, 0.3) is 0 Å². The van der Waals surface area contributed by atoms with Gasteiger partial charge in [-0.15, -0.1) is 0 Å². The summed E-state index contributed by atoms with van der Waals surface area (Å²) in [6.07, 6.45) is 34.4. The lowest BCUT2D eigenvalue weighted by Gasteiger charge is -2.38. The van der Waals surface area contributed by atoms with E-state index in [2.05, 4.69) is 62.5 Å². The molecule has 1 aliphatic rings. The maximum Gasteiger partial charge on any atom is 0.335 e. The number of esters is 2. The van der Waals surface area contributed by atoms with Gasteiger partial charge in [0.2, 0.25) is 0 Å². The summed E-state index contributed by atoms with van der Waals surface area (Å²) in [6, 6.07) is 0. The topological polar surface area (TPSA) is 169 Å². The minimum Gasteiger partial charge on any atom is -0.479 e. The number of hydrogen-bond donors (Lipinski definition) is 4. The van der Waals surface area contributed by atoms with Crippen molar-refractivity contribution in [2.75, 3.05) is 13.2 Å². The Bertz CT molecular complexity index is 1150. The van der Waals surface area contributed by atoms with Crippen LogP contribution in [0.15, 0.2) is 48.6 Å². The molecule has 0 aliphatic carbocycles. The first-order chi connectivity index (χ1) is 28.2. The lowest BCUT2D eigenvalue weighted by molar-refractivity contribution is -0.298. The predicted molar refractivity (Wildman–Crippen MR) is 229 cm³/mol. The summed E-state index contributed by atoms with van der Waals surface area (Å²) < 4.78 is 21.7. The molecular weight excluding hydrogens is 741 g/mol. The average molecular weight is 821 g/mol. The molecule has 1 saturated heterocycles. The molecular formula is C47H80O11. The molecule has 4 N–H and O–H groups in total. The second kappa shape index (κ2) is 37.2. The van der Waals surface area contributed by atoms with E-state index in [1.165, 1.54) is 51.4 Å². The summed E-state index contributed by atoms with van der Waals surface area (Å²) in [5.74, 6) is -2.47. The molecule has 1 heterocycles. The molecule has 0 aromatic carbocycles. The molecule has 334 valence electrons. The number of aliphatic hydroxyl groups excluding tert-OH is 3. The van der Waals surface area contributed by atoms with Gasteiger partial charge in [-0.05, 0) is 70.6 Å². The van der Waals surface area contributed by atoms with Gasteiger partial charge in [-0.2, -0.15) is 0 Å². The van der Waals surface area contributed by atoms with Crippen molar-refractivity contribution in [2.24, 2.45) is 0 Å². The molecule has 0 aromatic heterocycles. The van der Waals surface area contributed by atoms with Gasteiger partial charge < -0.3 is 39.4 Å². The first kappa shape index (κ1) is 53.2. The number of aliphatic hydroxyl groups is 3. The van der Waals surface area contributed by atoms with Crippen LogP contribution in [-0.4, -0.2) is 88.4 Å². The van der Waals surface area contributed by atoms with E-state index in [1.54, 1.807) is 0 Å². The number of rotatable bonds is 37. The minimum atomic E-state index is -1.86. The van der Waals surface area contributed by atoms with Crippen molar-refractivity contribution < 1.29 is 53.8 Å². The van der Waals surface area contributed by atoms with E-state index in [1.807, 2.05) is 0 Å². The van der Waals surface area contributed by atoms with E-state index >= 15 is 0 Å². The quantitative estimate of drug-likeness (QED) is 0.0267. The van der Waals surface area contributed by atoms with Crippen LogP contribution in [0.5, 0.6) is 0 Å². The Kier molecular flexibility index (Phi) is 34.1. The Morgan fingerprint density at radius 3 is 1.55 bits per heavy atom. The van der Waals surface area contributed by atoms with Crippen LogP contribution >= 0.6 is 0 Å². The van der Waals surface area contributed by atoms with Crippen LogP contribution in [-0.2, 0) is 33.3 Å². The third kappa shape index (κ3) is 28.6. The maximum atomic E-state index is 12.8. The molecule has 1 aliphatic heterocycles. The van der Waals surface area contributed by atoms with E-state index in [0.29, 0.717) is 12.8 Å². The van der Waals surface area contributed by atoms with Crippen molar-refractivity contribution in [2.45, 2.75) is 218 Å². The number of hydrogen-bond acceptors (Lipinski definition) is 10. The Morgan fingerprint density at radius 1 is 0.552 bits per heavy atom. The zero-order chi connectivity index (χ0) is 42.5. The summed E-state index contributed by atoms with van der Waals surface area (Å²) in [5.41, 5.74) is 0. The number of unbranched alkanes of at least 4 members (excludes halogenated alkanes) is 18. The minimum absolute atomic E-state index is 0.170. The number of carbonyl (C=O) groups excluding carboxylic acids is 2. The number of aliphatic carboxylic acids is 1. The molecule has 58 heavy (non-hydrogen) atoms. The van der Waals surface area contributed by atoms with Crippen molar-refractivity contribution >= 4 is 17.9 Å². The van der Waals surface area contributed by atoms with Crippen LogP contribution in [0.2, 0.25) is 0 Å². The molecule has 0 aromatic rings. The monoisotopic (exact) mass is 821 g/mol. The van der Waals surface area contributed by atoms with E-state index in [9.17, 15) is 34.8 Å². The summed E-state index contributed by atoms with van der Waals surface area (Å²) in [4.78, 5) is 36.8. The lowest BCUT2D eigenvalue weighted by atomic mass is 9.99. The van der Waals surface area contributed by atoms with Gasteiger partial charge in [-0.1, -0.05) is 146 Å². The molecule has 0 bridgehead atoms. The molecule has 0 spiro atoms. The average Bonchev–Trinajstić information content (AvgIpc) is 3.21. The highest BCUT2D eigenvalue weighted by Crippen LogP contribution is 2.23. The van der Waals surface area contributed by atoms with Crippen molar-refractivity contribution in [1.82, 2.24) is 0 Å². The Labute approximate surface area is 350 Å². The van der Waals surface area contributed by atoms with E-state index in [-0.39, 0.29) is 19.4 Å². The molecule has 11 heteroatoms. The van der Waals surface area contributed by atoms with Crippen LogP contribution < -0.4 is 0 Å². The summed E-state index contributed by atoms with van der Waals surface area (Å²) >= 11 is 0. The van der Waals surface area contributed by atoms with Crippen molar-refractivity contribution in [3.05, 3.63) is 48.6 Å². The fourth-order valence-electron chi connectivity index (χ4n) is 6.59. The SMILES string of the molecule is CC/C=C\C/C=C\C/C=C\CCCCCCCCCC(=O)OCC(COC1OC(C(=O)O)C(O)C(O)C1O)OC(=O)CCCCCCC/C=C\CCCCCCCC. The van der Waals surface area contributed by atoms with Gasteiger partial charge in [0.1, 0.15) is 24.9 Å². The van der Waals surface area contributed by atoms with Gasteiger partial charge in [0, 0.05) is 12.8 Å². The first-order valence-corrected chi connectivity index (χ1v) is 22.7. The number of carboxylic acid groups (broad SMARTS) is 1. The van der Waals surface area contributed by atoms with Crippen LogP contribution in [0.4, 0.5) is 0 Å². The highest BCUT2D eigenvalue weighted by atomic mass is 16.7. The molecule has 1 fully saturated rings. The summed E-state index contributed by atoms with van der Waals surface area (Å²) in [6.45, 7) is 3.68. The second-order valence-corrected chi connectivity index (χ2v) is 15.5. The van der Waals surface area contributed by atoms with Gasteiger partial charge in [0.05, 0.1) is 6.61 Å². The second-order valence-electron chi connectivity index (χ2n) is 15.5. The van der Waals surface area contributed by atoms with E-state index < -0.39 is 61.3 Å². The number of allylic oxidation sites excluding steroid dienone is 8. The van der Waals surface area contributed by atoms with Crippen molar-refractivity contribution in [1.29, 1.82) is 0 Å². The normalized spacial score (nSPS) is 20.5. The smallest absolute Gasteiger partial charge is 0.335 e. The van der Waals surface area contributed by atoms with Gasteiger partial charge in [-0.3, -0.25) is 9.59 Å². The Balaban J connectivity index is 2.38. The molecule has 6 unspecified atom stereocenters. The lowest BCUT2D eigenvalue weighted by Crippen LogP contribution is -2.60. The zero-order valence-corrected chi connectivity index (χ0v) is 36.0. The standard InChI is InChI=1S/C47H80O11/c1-3-5-7-9-11-13-15-17-19-20-22-23-25-27-29-31-33-35-40(48)55-37-39(38-56-47-44(52)42(50)43(51)45(58-47)46(53)54)57-41(49)36-34-32-30-28-26-24-21-18-16-14-12-10-8-6-4-2/h5,7,11,13,17-19,21,39,42-45,47,50-52H,3-4,6,8-10,12,14-16,20,22-38H2,1-2H3,(H,53,54)/b7-5-,13-11-,19-17-,21-18-. The predicted octanol–water partition coefficient (Wildman–Crippen LogP) is 9.76. The number of carboxylic acids is 1. The van der Waals surface area contributed by atoms with Gasteiger partial charge in [0.25, 0.3) is 0 Å². The molecule has 11 nitrogen and oxygen atoms in total. The number of ether oxygens (including phenoxy) is 4. The fraction of sp³-hybridized carbons (Fsp3) is 0.766. The van der Waals surface area contributed by atoms with Crippen LogP contribution in [0.1, 0.15) is 181 Å². The highest BCUT2D eigenvalue weighted by molar-refractivity contribution is 5.73. The maximum absolute atomic E-state index is 12.8. The molecule has 0 amide bonds. The fourth-order valence-corrected chi connectivity index (χ4v) is 6.59. The Morgan fingerprint density at radius 2 is 1.02 bits per heavy atom. The zero-order valence-electron chi connectivity index (χ0n) is 36.0. The van der Waals surface area contributed by atoms with Gasteiger partial charge >= 0.3 is 17.9 Å². The van der Waals surface area contributed by atoms with E-state index in [0.717, 1.165) is 89.9 Å². The summed E-state index contributed by atoms with van der Waals surface area (Å²) in [5, 5.41) is 39.8. The molecule has 1 rings (SSSR count). The van der Waals surface area contributed by atoms with Crippen LogP contribution in [0.3, 0.4) is 0 Å². The van der Waals surface area contributed by atoms with Gasteiger partial charge in [-0.25, -0.2) is 4.79 Å². The molecule has 0 saturated carbocycles. The van der Waals surface area contributed by atoms with Crippen molar-refractivity contribution in [3.63, 3.8) is 0 Å². The first-order valence-electron chi connectivity index (χ1n) is 22.7. The molecule has 6 atom stereocenters. The molecule has 0 radical (unpaired) electrons. The van der Waals surface area contributed by atoms with Crippen molar-refractivity contribution in [3.8, 4) is 0 Å². The largest absolute Gasteiger partial charge is 0.479 e. The number of carbonyl (C=O) groups is 3. The van der Waals surface area contributed by atoms with E-state index in [4.69, 9.17) is 18.9 Å². The third-order valence-corrected chi connectivity index (χ3v) is 10.2. The van der Waals surface area contributed by atoms with Crippen LogP contribution in [0, 0.1) is 0 Å². The highest BCUT2D eigenvalue weighted by Gasteiger charge is 2.47.